The summed E-state index contributed by atoms with van der Waals surface area (Å²) in [5.41, 5.74) is 1.46. The number of amides is 1. The first-order valence-corrected chi connectivity index (χ1v) is 8.06. The molecular formula is C15H14ClN3O2S. The summed E-state index contributed by atoms with van der Waals surface area (Å²) in [6, 6.07) is 5.46. The lowest BCUT2D eigenvalue weighted by Gasteiger charge is -2.21. The van der Waals surface area contributed by atoms with Crippen LogP contribution >= 0.6 is 23.4 Å². The molecule has 1 amide bonds. The highest BCUT2D eigenvalue weighted by atomic mass is 35.5. The summed E-state index contributed by atoms with van der Waals surface area (Å²) >= 11 is 7.54. The van der Waals surface area contributed by atoms with Crippen molar-refractivity contribution < 1.29 is 9.59 Å². The Morgan fingerprint density at radius 3 is 2.95 bits per heavy atom. The van der Waals surface area contributed by atoms with Gasteiger partial charge in [-0.3, -0.25) is 9.59 Å². The van der Waals surface area contributed by atoms with E-state index in [1.165, 1.54) is 18.7 Å². The molecule has 3 rings (SSSR count). The zero-order valence-corrected chi connectivity index (χ0v) is 13.5. The maximum atomic E-state index is 12.3. The Morgan fingerprint density at radius 2 is 2.27 bits per heavy atom. The lowest BCUT2D eigenvalue weighted by Crippen LogP contribution is -2.26. The Hall–Kier alpha value is -1.79. The number of carbonyl (C=O) groups is 2. The number of imidazole rings is 1. The Bertz CT molecular complexity index is 718. The van der Waals surface area contributed by atoms with Gasteiger partial charge in [0.25, 0.3) is 0 Å². The molecule has 1 saturated heterocycles. The van der Waals surface area contributed by atoms with Gasteiger partial charge in [0.2, 0.25) is 5.91 Å². The predicted octanol–water partition coefficient (Wildman–Crippen LogP) is 2.91. The molecule has 7 heteroatoms. The number of carbonyl (C=O) groups excluding carboxylic acids is 2. The summed E-state index contributed by atoms with van der Waals surface area (Å²) < 4.78 is 1.79. The number of anilines is 1. The molecule has 0 spiro atoms. The first-order valence-electron chi connectivity index (χ1n) is 6.80. The van der Waals surface area contributed by atoms with E-state index >= 15 is 0 Å². The maximum Gasteiger partial charge on any atom is 0.228 e. The predicted molar refractivity (Wildman–Crippen MR) is 87.6 cm³/mol. The number of aromatic nitrogens is 2. The molecule has 1 aliphatic heterocycles. The average molecular weight is 336 g/mol. The topological polar surface area (TPSA) is 55.2 Å². The minimum absolute atomic E-state index is 0.00221. The number of hydrogen-bond donors (Lipinski definition) is 0. The molecule has 1 unspecified atom stereocenters. The summed E-state index contributed by atoms with van der Waals surface area (Å²) in [6.07, 6.45) is 5.45. The van der Waals surface area contributed by atoms with Crippen LogP contribution in [-0.4, -0.2) is 32.4 Å². The van der Waals surface area contributed by atoms with Gasteiger partial charge >= 0.3 is 0 Å². The van der Waals surface area contributed by atoms with Crippen molar-refractivity contribution in [3.8, 4) is 5.69 Å². The molecule has 114 valence electrons. The third-order valence-corrected chi connectivity index (χ3v) is 4.73. The fourth-order valence-electron chi connectivity index (χ4n) is 2.59. The van der Waals surface area contributed by atoms with Gasteiger partial charge in [-0.1, -0.05) is 29.4 Å². The van der Waals surface area contributed by atoms with Gasteiger partial charge in [-0.25, -0.2) is 4.98 Å². The summed E-state index contributed by atoms with van der Waals surface area (Å²) in [5, 5.41) is 0.561. The smallest absolute Gasteiger partial charge is 0.228 e. The van der Waals surface area contributed by atoms with Gasteiger partial charge in [-0.05, 0) is 12.1 Å². The quantitative estimate of drug-likeness (QED) is 0.865. The fourth-order valence-corrected chi connectivity index (χ4v) is 3.78. The van der Waals surface area contributed by atoms with Crippen LogP contribution in [0.2, 0.25) is 5.02 Å². The molecule has 2 heterocycles. The minimum Gasteiger partial charge on any atom is -0.309 e. The third kappa shape index (κ3) is 2.89. The number of thioether (sulfide) groups is 1. The molecule has 1 aliphatic rings. The zero-order valence-electron chi connectivity index (χ0n) is 11.9. The molecule has 5 nitrogen and oxygen atoms in total. The summed E-state index contributed by atoms with van der Waals surface area (Å²) in [4.78, 5) is 29.3. The van der Waals surface area contributed by atoms with Crippen LogP contribution in [0.15, 0.2) is 36.9 Å². The Kier molecular flexibility index (Phi) is 4.22. The van der Waals surface area contributed by atoms with Crippen LogP contribution in [0.1, 0.15) is 13.3 Å². The van der Waals surface area contributed by atoms with Gasteiger partial charge in [0.05, 0.1) is 22.7 Å². The second-order valence-corrected chi connectivity index (χ2v) is 6.90. The molecule has 0 N–H and O–H groups in total. The first-order chi connectivity index (χ1) is 10.6. The molecule has 0 bridgehead atoms. The highest BCUT2D eigenvalue weighted by Gasteiger charge is 2.33. The van der Waals surface area contributed by atoms with E-state index in [0.717, 1.165) is 11.4 Å². The molecule has 1 aromatic carbocycles. The van der Waals surface area contributed by atoms with E-state index in [2.05, 4.69) is 4.98 Å². The van der Waals surface area contributed by atoms with Crippen molar-refractivity contribution in [2.75, 3.05) is 11.4 Å². The molecule has 22 heavy (non-hydrogen) atoms. The summed E-state index contributed by atoms with van der Waals surface area (Å²) in [6.45, 7) is 2.03. The van der Waals surface area contributed by atoms with Gasteiger partial charge in [-0.15, -0.1) is 0 Å². The molecule has 0 aliphatic carbocycles. The van der Waals surface area contributed by atoms with E-state index in [1.807, 2.05) is 12.1 Å². The van der Waals surface area contributed by atoms with E-state index in [-0.39, 0.29) is 16.3 Å². The van der Waals surface area contributed by atoms with Gasteiger partial charge in [0.15, 0.2) is 5.12 Å². The fraction of sp³-hybridized carbons (Fsp3) is 0.267. The number of nitrogens with zero attached hydrogens (tertiary/aromatic N) is 3. The van der Waals surface area contributed by atoms with Crippen molar-refractivity contribution in [2.24, 2.45) is 0 Å². The Labute approximate surface area is 137 Å². The van der Waals surface area contributed by atoms with Crippen molar-refractivity contribution in [1.29, 1.82) is 0 Å². The van der Waals surface area contributed by atoms with Crippen molar-refractivity contribution in [2.45, 2.75) is 18.6 Å². The molecule has 1 fully saturated rings. The van der Waals surface area contributed by atoms with Crippen LogP contribution in [-0.2, 0) is 9.59 Å². The van der Waals surface area contributed by atoms with Gasteiger partial charge in [0.1, 0.15) is 0 Å². The number of halogens is 1. The average Bonchev–Trinajstić information content (AvgIpc) is 3.07. The number of rotatable bonds is 3. The molecule has 2 aromatic rings. The first kappa shape index (κ1) is 15.1. The SMILES string of the molecule is CC(=O)SC1CC(=O)N(c2cccc(Cl)c2-n2ccnc2)C1. The maximum absolute atomic E-state index is 12.3. The van der Waals surface area contributed by atoms with E-state index in [1.54, 1.807) is 34.3 Å². The van der Waals surface area contributed by atoms with Crippen LogP contribution in [0.25, 0.3) is 5.69 Å². The lowest BCUT2D eigenvalue weighted by molar-refractivity contribution is -0.117. The van der Waals surface area contributed by atoms with Gasteiger partial charge < -0.3 is 9.47 Å². The minimum atomic E-state index is -0.0142. The molecule has 1 atom stereocenters. The van der Waals surface area contributed by atoms with E-state index in [9.17, 15) is 9.59 Å². The third-order valence-electron chi connectivity index (χ3n) is 3.44. The van der Waals surface area contributed by atoms with Gasteiger partial charge in [0, 0.05) is 37.5 Å². The molecule has 0 saturated carbocycles. The largest absolute Gasteiger partial charge is 0.309 e. The second-order valence-electron chi connectivity index (χ2n) is 5.02. The number of hydrogen-bond acceptors (Lipinski definition) is 4. The standard InChI is InChI=1S/C15H14ClN3O2S/c1-10(20)22-11-7-14(21)19(8-11)13-4-2-3-12(16)15(13)18-6-5-17-9-18/h2-6,9,11H,7-8H2,1H3. The van der Waals surface area contributed by atoms with Gasteiger partial charge in [-0.2, -0.15) is 0 Å². The van der Waals surface area contributed by atoms with Crippen molar-refractivity contribution in [3.63, 3.8) is 0 Å². The van der Waals surface area contributed by atoms with Crippen LogP contribution < -0.4 is 4.90 Å². The Morgan fingerprint density at radius 1 is 1.45 bits per heavy atom. The van der Waals surface area contributed by atoms with E-state index in [0.29, 0.717) is 18.0 Å². The van der Waals surface area contributed by atoms with Crippen LogP contribution in [0.3, 0.4) is 0 Å². The summed E-state index contributed by atoms with van der Waals surface area (Å²) in [5.74, 6) is 0.00221. The van der Waals surface area contributed by atoms with Crippen molar-refractivity contribution in [3.05, 3.63) is 41.9 Å². The van der Waals surface area contributed by atoms with Crippen LogP contribution in [0.5, 0.6) is 0 Å². The molecule has 1 aromatic heterocycles. The molecular weight excluding hydrogens is 322 g/mol. The zero-order chi connectivity index (χ0) is 15.7. The second kappa shape index (κ2) is 6.14. The van der Waals surface area contributed by atoms with Crippen LogP contribution in [0.4, 0.5) is 5.69 Å². The van der Waals surface area contributed by atoms with Crippen LogP contribution in [0, 0.1) is 0 Å². The molecule has 0 radical (unpaired) electrons. The lowest BCUT2D eigenvalue weighted by atomic mass is 10.2. The number of benzene rings is 1. The van der Waals surface area contributed by atoms with E-state index in [4.69, 9.17) is 11.6 Å². The van der Waals surface area contributed by atoms with E-state index < -0.39 is 0 Å². The highest BCUT2D eigenvalue weighted by molar-refractivity contribution is 8.14. The highest BCUT2D eigenvalue weighted by Crippen LogP contribution is 2.35. The normalized spacial score (nSPS) is 18.0. The Balaban J connectivity index is 1.97. The monoisotopic (exact) mass is 335 g/mol. The van der Waals surface area contributed by atoms with Crippen molar-refractivity contribution >= 4 is 40.1 Å². The summed E-state index contributed by atoms with van der Waals surface area (Å²) in [7, 11) is 0. The number of para-hydroxylation sites is 1. The van der Waals surface area contributed by atoms with Crippen molar-refractivity contribution in [1.82, 2.24) is 9.55 Å².